The van der Waals surface area contributed by atoms with Crippen molar-refractivity contribution in [3.05, 3.63) is 23.2 Å². The first-order valence-electron chi connectivity index (χ1n) is 7.41. The van der Waals surface area contributed by atoms with Crippen molar-refractivity contribution in [2.24, 2.45) is 5.92 Å². The summed E-state index contributed by atoms with van der Waals surface area (Å²) < 4.78 is 10.3. The highest BCUT2D eigenvalue weighted by atomic mass is 16.5. The van der Waals surface area contributed by atoms with Crippen LogP contribution in [0.3, 0.4) is 0 Å². The Labute approximate surface area is 131 Å². The first-order chi connectivity index (χ1) is 10.3. The second-order valence-corrected chi connectivity index (χ2v) is 5.82. The van der Waals surface area contributed by atoms with Gasteiger partial charge in [0.05, 0.1) is 6.04 Å². The highest BCUT2D eigenvalue weighted by Crippen LogP contribution is 2.21. The fraction of sp³-hybridized carbons (Fsp3) is 0.625. The van der Waals surface area contributed by atoms with Gasteiger partial charge in [-0.05, 0) is 32.8 Å². The highest BCUT2D eigenvalue weighted by Gasteiger charge is 2.26. The summed E-state index contributed by atoms with van der Waals surface area (Å²) in [6, 6.07) is 1.12. The van der Waals surface area contributed by atoms with Crippen LogP contribution >= 0.6 is 0 Å². The van der Waals surface area contributed by atoms with Crippen molar-refractivity contribution in [1.29, 1.82) is 0 Å². The maximum absolute atomic E-state index is 12.4. The molecular weight excluding hydrogens is 284 g/mol. The molecule has 22 heavy (non-hydrogen) atoms. The summed E-state index contributed by atoms with van der Waals surface area (Å²) in [4.78, 5) is 24.1. The minimum atomic E-state index is -0.599. The van der Waals surface area contributed by atoms with E-state index in [1.54, 1.807) is 0 Å². The van der Waals surface area contributed by atoms with Crippen molar-refractivity contribution >= 4 is 11.8 Å². The van der Waals surface area contributed by atoms with Gasteiger partial charge in [0.15, 0.2) is 0 Å². The molecule has 1 heterocycles. The van der Waals surface area contributed by atoms with E-state index in [4.69, 9.17) is 9.15 Å². The van der Waals surface area contributed by atoms with Crippen molar-refractivity contribution in [3.8, 4) is 0 Å². The SMILES string of the molecule is COCC(=O)N[C@H](C(=O)NC(C)c1cc(C)oc1C)C(C)C. The molecule has 0 aliphatic heterocycles. The Morgan fingerprint density at radius 2 is 1.86 bits per heavy atom. The van der Waals surface area contributed by atoms with Gasteiger partial charge >= 0.3 is 0 Å². The smallest absolute Gasteiger partial charge is 0.246 e. The quantitative estimate of drug-likeness (QED) is 0.805. The zero-order valence-electron chi connectivity index (χ0n) is 14.1. The lowest BCUT2D eigenvalue weighted by Crippen LogP contribution is -2.51. The maximum atomic E-state index is 12.4. The number of hydrogen-bond acceptors (Lipinski definition) is 4. The number of furan rings is 1. The Kier molecular flexibility index (Phi) is 6.61. The van der Waals surface area contributed by atoms with Gasteiger partial charge < -0.3 is 19.8 Å². The first kappa shape index (κ1) is 18.2. The second kappa shape index (κ2) is 7.98. The minimum absolute atomic E-state index is 0.0276. The summed E-state index contributed by atoms with van der Waals surface area (Å²) in [5.74, 6) is 1.04. The van der Waals surface area contributed by atoms with Crippen LogP contribution in [-0.4, -0.2) is 31.6 Å². The Balaban J connectivity index is 2.74. The summed E-state index contributed by atoms with van der Waals surface area (Å²) in [7, 11) is 1.44. The number of carbonyl (C=O) groups excluding carboxylic acids is 2. The van der Waals surface area contributed by atoms with Crippen LogP contribution in [0.5, 0.6) is 0 Å². The normalized spacial score (nSPS) is 13.8. The Morgan fingerprint density at radius 3 is 2.32 bits per heavy atom. The van der Waals surface area contributed by atoms with Gasteiger partial charge in [-0.3, -0.25) is 9.59 Å². The lowest BCUT2D eigenvalue weighted by Gasteiger charge is -2.24. The van der Waals surface area contributed by atoms with Crippen molar-refractivity contribution in [1.82, 2.24) is 10.6 Å². The van der Waals surface area contributed by atoms with Crippen molar-refractivity contribution in [2.45, 2.75) is 46.7 Å². The number of carbonyl (C=O) groups is 2. The summed E-state index contributed by atoms with van der Waals surface area (Å²) in [5.41, 5.74) is 0.941. The monoisotopic (exact) mass is 310 g/mol. The lowest BCUT2D eigenvalue weighted by molar-refractivity contribution is -0.132. The molecule has 0 bridgehead atoms. The number of methoxy groups -OCH3 is 1. The standard InChI is InChI=1S/C16H26N2O4/c1-9(2)15(18-14(19)8-21-6)16(20)17-11(4)13-7-10(3)22-12(13)5/h7,9,11,15H,8H2,1-6H3,(H,17,20)(H,18,19)/t11?,15-/m0/s1. The molecule has 0 radical (unpaired) electrons. The average Bonchev–Trinajstić information content (AvgIpc) is 2.74. The minimum Gasteiger partial charge on any atom is -0.466 e. The predicted molar refractivity (Wildman–Crippen MR) is 83.4 cm³/mol. The van der Waals surface area contributed by atoms with Gasteiger partial charge in [-0.2, -0.15) is 0 Å². The average molecular weight is 310 g/mol. The van der Waals surface area contributed by atoms with Crippen molar-refractivity contribution in [3.63, 3.8) is 0 Å². The van der Waals surface area contributed by atoms with E-state index in [-0.39, 0.29) is 30.4 Å². The highest BCUT2D eigenvalue weighted by molar-refractivity contribution is 5.88. The fourth-order valence-electron chi connectivity index (χ4n) is 2.34. The molecule has 0 saturated carbocycles. The van der Waals surface area contributed by atoms with E-state index >= 15 is 0 Å². The van der Waals surface area contributed by atoms with Gasteiger partial charge in [0, 0.05) is 12.7 Å². The van der Waals surface area contributed by atoms with Crippen LogP contribution in [-0.2, 0) is 14.3 Å². The molecule has 6 nitrogen and oxygen atoms in total. The second-order valence-electron chi connectivity index (χ2n) is 5.82. The Morgan fingerprint density at radius 1 is 1.23 bits per heavy atom. The molecule has 1 rings (SSSR count). The van der Waals surface area contributed by atoms with Crippen molar-refractivity contribution in [2.75, 3.05) is 13.7 Å². The van der Waals surface area contributed by atoms with E-state index in [9.17, 15) is 9.59 Å². The molecule has 0 spiro atoms. The number of hydrogen-bond donors (Lipinski definition) is 2. The summed E-state index contributed by atoms with van der Waals surface area (Å²) in [6.07, 6.45) is 0. The molecule has 2 N–H and O–H groups in total. The predicted octanol–water partition coefficient (Wildman–Crippen LogP) is 1.86. The number of nitrogens with one attached hydrogen (secondary N) is 2. The van der Waals surface area contributed by atoms with E-state index in [0.717, 1.165) is 17.1 Å². The van der Waals surface area contributed by atoms with Crippen LogP contribution in [0.2, 0.25) is 0 Å². The first-order valence-corrected chi connectivity index (χ1v) is 7.41. The molecule has 0 fully saturated rings. The van der Waals surface area contributed by atoms with Gasteiger partial charge in [-0.25, -0.2) is 0 Å². The summed E-state index contributed by atoms with van der Waals surface area (Å²) in [6.45, 7) is 9.33. The molecule has 1 aromatic rings. The van der Waals surface area contributed by atoms with E-state index in [2.05, 4.69) is 10.6 Å². The number of ether oxygens (including phenoxy) is 1. The summed E-state index contributed by atoms with van der Waals surface area (Å²) >= 11 is 0. The third-order valence-corrected chi connectivity index (χ3v) is 3.45. The molecule has 1 unspecified atom stereocenters. The van der Waals surface area contributed by atoms with E-state index in [1.165, 1.54) is 7.11 Å². The van der Waals surface area contributed by atoms with E-state index < -0.39 is 6.04 Å². The van der Waals surface area contributed by atoms with Gasteiger partial charge in [-0.1, -0.05) is 13.8 Å². The molecule has 1 aromatic heterocycles. The number of aryl methyl sites for hydroxylation is 2. The van der Waals surface area contributed by atoms with Crippen LogP contribution in [0.4, 0.5) is 0 Å². The topological polar surface area (TPSA) is 80.6 Å². The maximum Gasteiger partial charge on any atom is 0.246 e. The van der Waals surface area contributed by atoms with Gasteiger partial charge in [0.25, 0.3) is 0 Å². The molecule has 6 heteroatoms. The number of rotatable bonds is 7. The molecular formula is C16H26N2O4. The molecule has 0 aliphatic rings. The molecule has 124 valence electrons. The largest absolute Gasteiger partial charge is 0.466 e. The van der Waals surface area contributed by atoms with Crippen molar-refractivity contribution < 1.29 is 18.7 Å². The zero-order chi connectivity index (χ0) is 16.9. The molecule has 0 aliphatic carbocycles. The van der Waals surface area contributed by atoms with Crippen LogP contribution in [0.15, 0.2) is 10.5 Å². The lowest BCUT2D eigenvalue weighted by atomic mass is 10.0. The van der Waals surface area contributed by atoms with E-state index in [1.807, 2.05) is 40.7 Å². The van der Waals surface area contributed by atoms with Gasteiger partial charge in [-0.15, -0.1) is 0 Å². The van der Waals surface area contributed by atoms with Crippen LogP contribution < -0.4 is 10.6 Å². The fourth-order valence-corrected chi connectivity index (χ4v) is 2.34. The number of amides is 2. The molecule has 2 atom stereocenters. The summed E-state index contributed by atoms with van der Waals surface area (Å²) in [5, 5.41) is 5.62. The van der Waals surface area contributed by atoms with Gasteiger partial charge in [0.2, 0.25) is 11.8 Å². The van der Waals surface area contributed by atoms with E-state index in [0.29, 0.717) is 0 Å². The zero-order valence-corrected chi connectivity index (χ0v) is 14.1. The third-order valence-electron chi connectivity index (χ3n) is 3.45. The third kappa shape index (κ3) is 4.87. The van der Waals surface area contributed by atoms with Crippen LogP contribution in [0.25, 0.3) is 0 Å². The van der Waals surface area contributed by atoms with Gasteiger partial charge in [0.1, 0.15) is 24.2 Å². The molecule has 0 saturated heterocycles. The Bertz CT molecular complexity index is 522. The van der Waals surface area contributed by atoms with Crippen LogP contribution in [0.1, 0.15) is 43.9 Å². The molecule has 2 amide bonds. The van der Waals surface area contributed by atoms with Crippen LogP contribution in [0, 0.1) is 19.8 Å². The Hall–Kier alpha value is -1.82. The molecule has 0 aromatic carbocycles.